The minimum absolute atomic E-state index is 0.757. The predicted molar refractivity (Wildman–Crippen MR) is 51.7 cm³/mol. The third-order valence-electron chi connectivity index (χ3n) is 2.53. The molecule has 1 N–H and O–H groups in total. The lowest BCUT2D eigenvalue weighted by molar-refractivity contribution is 0.678. The molecular weight excluding hydrogens is 182 g/mol. The summed E-state index contributed by atoms with van der Waals surface area (Å²) in [7, 11) is 0. The van der Waals surface area contributed by atoms with E-state index in [1.54, 1.807) is 11.3 Å². The third-order valence-corrected chi connectivity index (χ3v) is 3.61. The van der Waals surface area contributed by atoms with Crippen LogP contribution in [0.2, 0.25) is 0 Å². The van der Waals surface area contributed by atoms with E-state index >= 15 is 0 Å². The summed E-state index contributed by atoms with van der Waals surface area (Å²) >= 11 is 1.79. The van der Waals surface area contributed by atoms with Gasteiger partial charge in [-0.25, -0.2) is 0 Å². The van der Waals surface area contributed by atoms with Gasteiger partial charge in [-0.3, -0.25) is 0 Å². The van der Waals surface area contributed by atoms with Crippen LogP contribution in [0.5, 0.6) is 0 Å². The van der Waals surface area contributed by atoms with E-state index in [9.17, 15) is 0 Å². The van der Waals surface area contributed by atoms with Gasteiger partial charge in [-0.15, -0.1) is 10.2 Å². The second-order valence-electron chi connectivity index (χ2n) is 3.96. The first-order chi connectivity index (χ1) is 6.42. The Morgan fingerprint density at radius 1 is 1.23 bits per heavy atom. The van der Waals surface area contributed by atoms with Crippen molar-refractivity contribution in [1.29, 1.82) is 0 Å². The molecule has 2 aliphatic rings. The standard InChI is InChI=1S/C9H13N3S/c1-2-6(1)9-12-11-8(13-9)5-10-7-3-4-7/h6-7,10H,1-5H2. The molecule has 70 valence electrons. The van der Waals surface area contributed by atoms with E-state index in [0.717, 1.165) is 23.5 Å². The Morgan fingerprint density at radius 2 is 2.08 bits per heavy atom. The maximum atomic E-state index is 4.21. The summed E-state index contributed by atoms with van der Waals surface area (Å²) in [6.45, 7) is 0.926. The zero-order valence-electron chi connectivity index (χ0n) is 7.49. The molecule has 1 aromatic rings. The van der Waals surface area contributed by atoms with Crippen molar-refractivity contribution in [2.45, 2.75) is 44.2 Å². The van der Waals surface area contributed by atoms with Gasteiger partial charge in [0.2, 0.25) is 0 Å². The Balaban J connectivity index is 1.59. The average Bonchev–Trinajstić information content (AvgIpc) is 3.03. The van der Waals surface area contributed by atoms with Crippen LogP contribution in [0.15, 0.2) is 0 Å². The SMILES string of the molecule is C(NC1CC1)c1nnc(C2CC2)s1. The molecule has 0 atom stereocenters. The summed E-state index contributed by atoms with van der Waals surface area (Å²) < 4.78 is 0. The topological polar surface area (TPSA) is 37.8 Å². The first-order valence-electron chi connectivity index (χ1n) is 4.97. The van der Waals surface area contributed by atoms with Gasteiger partial charge in [0, 0.05) is 18.5 Å². The Morgan fingerprint density at radius 3 is 2.77 bits per heavy atom. The fraction of sp³-hybridized carbons (Fsp3) is 0.778. The van der Waals surface area contributed by atoms with Crippen molar-refractivity contribution in [3.05, 3.63) is 10.0 Å². The fourth-order valence-electron chi connectivity index (χ4n) is 1.35. The molecule has 3 rings (SSSR count). The van der Waals surface area contributed by atoms with Crippen LogP contribution in [-0.4, -0.2) is 16.2 Å². The number of aromatic nitrogens is 2. The highest BCUT2D eigenvalue weighted by atomic mass is 32.1. The Kier molecular flexibility index (Phi) is 1.84. The molecule has 0 unspecified atom stereocenters. The Labute approximate surface area is 81.6 Å². The monoisotopic (exact) mass is 195 g/mol. The summed E-state index contributed by atoms with van der Waals surface area (Å²) in [6, 6.07) is 0.772. The number of hydrogen-bond donors (Lipinski definition) is 1. The van der Waals surface area contributed by atoms with E-state index in [2.05, 4.69) is 15.5 Å². The molecular formula is C9H13N3S. The van der Waals surface area contributed by atoms with Gasteiger partial charge in [0.25, 0.3) is 0 Å². The number of rotatable bonds is 4. The third kappa shape index (κ3) is 1.89. The molecule has 0 radical (unpaired) electrons. The van der Waals surface area contributed by atoms with Gasteiger partial charge in [0.15, 0.2) is 0 Å². The molecule has 2 aliphatic carbocycles. The van der Waals surface area contributed by atoms with E-state index in [0.29, 0.717) is 0 Å². The molecule has 0 spiro atoms. The van der Waals surface area contributed by atoms with Crippen molar-refractivity contribution < 1.29 is 0 Å². The molecule has 0 amide bonds. The summed E-state index contributed by atoms with van der Waals surface area (Å²) in [4.78, 5) is 0. The van der Waals surface area contributed by atoms with Crippen molar-refractivity contribution in [3.8, 4) is 0 Å². The van der Waals surface area contributed by atoms with Gasteiger partial charge < -0.3 is 5.32 Å². The maximum absolute atomic E-state index is 4.21. The second kappa shape index (κ2) is 3.03. The molecule has 1 heterocycles. The van der Waals surface area contributed by atoms with E-state index in [4.69, 9.17) is 0 Å². The van der Waals surface area contributed by atoms with Crippen molar-refractivity contribution in [3.63, 3.8) is 0 Å². The van der Waals surface area contributed by atoms with E-state index in [1.807, 2.05) is 0 Å². The van der Waals surface area contributed by atoms with Crippen LogP contribution < -0.4 is 5.32 Å². The molecule has 2 fully saturated rings. The quantitative estimate of drug-likeness (QED) is 0.794. The number of nitrogens with zero attached hydrogens (tertiary/aromatic N) is 2. The van der Waals surface area contributed by atoms with Crippen LogP contribution in [0.25, 0.3) is 0 Å². The molecule has 4 heteroatoms. The lowest BCUT2D eigenvalue weighted by Gasteiger charge is -1.95. The second-order valence-corrected chi connectivity index (χ2v) is 5.06. The van der Waals surface area contributed by atoms with Gasteiger partial charge in [-0.05, 0) is 25.7 Å². The zero-order valence-corrected chi connectivity index (χ0v) is 8.31. The summed E-state index contributed by atoms with van der Waals surface area (Å²) in [6.07, 6.45) is 5.33. The Hall–Kier alpha value is -0.480. The van der Waals surface area contributed by atoms with E-state index < -0.39 is 0 Å². The highest BCUT2D eigenvalue weighted by molar-refractivity contribution is 7.11. The largest absolute Gasteiger partial charge is 0.308 e. The fourth-order valence-corrected chi connectivity index (χ4v) is 2.31. The van der Waals surface area contributed by atoms with Crippen molar-refractivity contribution in [1.82, 2.24) is 15.5 Å². The van der Waals surface area contributed by atoms with Crippen molar-refractivity contribution >= 4 is 11.3 Å². The van der Waals surface area contributed by atoms with Gasteiger partial charge >= 0.3 is 0 Å². The lowest BCUT2D eigenvalue weighted by Crippen LogP contribution is -2.14. The van der Waals surface area contributed by atoms with Crippen LogP contribution in [0, 0.1) is 0 Å². The molecule has 0 aliphatic heterocycles. The van der Waals surface area contributed by atoms with Crippen molar-refractivity contribution in [2.24, 2.45) is 0 Å². The van der Waals surface area contributed by atoms with Crippen molar-refractivity contribution in [2.75, 3.05) is 0 Å². The maximum Gasteiger partial charge on any atom is 0.131 e. The van der Waals surface area contributed by atoms with Crippen LogP contribution >= 0.6 is 11.3 Å². The molecule has 3 nitrogen and oxygen atoms in total. The molecule has 0 bridgehead atoms. The first kappa shape index (κ1) is 7.88. The molecule has 0 saturated heterocycles. The van der Waals surface area contributed by atoms with Gasteiger partial charge in [0.05, 0.1) is 0 Å². The number of nitrogens with one attached hydrogen (secondary N) is 1. The van der Waals surface area contributed by atoms with E-state index in [1.165, 1.54) is 30.7 Å². The Bertz CT molecular complexity index is 302. The van der Waals surface area contributed by atoms with Crippen LogP contribution in [0.1, 0.15) is 41.6 Å². The smallest absolute Gasteiger partial charge is 0.131 e. The molecule has 13 heavy (non-hydrogen) atoms. The summed E-state index contributed by atoms with van der Waals surface area (Å²) in [5.41, 5.74) is 0. The zero-order chi connectivity index (χ0) is 8.67. The average molecular weight is 195 g/mol. The number of hydrogen-bond acceptors (Lipinski definition) is 4. The summed E-state index contributed by atoms with van der Waals surface area (Å²) in [5.74, 6) is 0.757. The van der Waals surface area contributed by atoms with Gasteiger partial charge in [-0.1, -0.05) is 11.3 Å². The highest BCUT2D eigenvalue weighted by Gasteiger charge is 2.27. The minimum Gasteiger partial charge on any atom is -0.308 e. The van der Waals surface area contributed by atoms with E-state index in [-0.39, 0.29) is 0 Å². The first-order valence-corrected chi connectivity index (χ1v) is 5.79. The predicted octanol–water partition coefficient (Wildman–Crippen LogP) is 1.67. The summed E-state index contributed by atoms with van der Waals surface area (Å²) in [5, 5.41) is 14.3. The normalized spacial score (nSPS) is 22.2. The molecule has 0 aromatic carbocycles. The molecule has 2 saturated carbocycles. The van der Waals surface area contributed by atoms with Crippen LogP contribution in [0.4, 0.5) is 0 Å². The van der Waals surface area contributed by atoms with Gasteiger partial charge in [-0.2, -0.15) is 0 Å². The molecule has 1 aromatic heterocycles. The minimum atomic E-state index is 0.757. The van der Waals surface area contributed by atoms with Crippen LogP contribution in [-0.2, 0) is 6.54 Å². The highest BCUT2D eigenvalue weighted by Crippen LogP contribution is 2.41. The van der Waals surface area contributed by atoms with Gasteiger partial charge in [0.1, 0.15) is 10.0 Å². The lowest BCUT2D eigenvalue weighted by atomic mass is 10.5. The van der Waals surface area contributed by atoms with Crippen LogP contribution in [0.3, 0.4) is 0 Å².